The van der Waals surface area contributed by atoms with Gasteiger partial charge in [0.1, 0.15) is 0 Å². The van der Waals surface area contributed by atoms with Gasteiger partial charge in [-0.1, -0.05) is 155 Å². The van der Waals surface area contributed by atoms with E-state index in [4.69, 9.17) is 0 Å². The van der Waals surface area contributed by atoms with Crippen molar-refractivity contribution in [1.82, 2.24) is 0 Å². The van der Waals surface area contributed by atoms with Gasteiger partial charge in [-0.05, 0) is 24.3 Å². The molecule has 2 heteroatoms. The van der Waals surface area contributed by atoms with Crippen molar-refractivity contribution >= 4 is 41.3 Å². The Bertz CT molecular complexity index is 243. The summed E-state index contributed by atoms with van der Waals surface area (Å²) >= 11 is 2.22. The summed E-state index contributed by atoms with van der Waals surface area (Å²) in [5.41, 5.74) is 0. The van der Waals surface area contributed by atoms with Crippen LogP contribution >= 0.6 is 11.8 Å². The third kappa shape index (κ3) is 31.5. The zero-order valence-electron chi connectivity index (χ0n) is 20.8. The molecule has 0 radical (unpaired) electrons. The molecule has 0 aliphatic rings. The standard InChI is InChI=1S/C28H58S.Na.H/c1-3-5-7-9-11-13-15-17-19-21-23-25-27-29-28-26-24-22-20-18-16-14-12-10-8-6-4-2;;/h3-28H2,1-2H3;;. The molecule has 30 heavy (non-hydrogen) atoms. The van der Waals surface area contributed by atoms with Gasteiger partial charge in [-0.25, -0.2) is 0 Å². The first kappa shape index (κ1) is 33.5. The van der Waals surface area contributed by atoms with E-state index in [1.165, 1.54) is 166 Å². The molecular formula is C28H59NaS. The van der Waals surface area contributed by atoms with Crippen LogP contribution in [0.1, 0.15) is 168 Å². The van der Waals surface area contributed by atoms with Crippen LogP contribution in [0.4, 0.5) is 0 Å². The van der Waals surface area contributed by atoms with E-state index in [0.29, 0.717) is 0 Å². The Morgan fingerprint density at radius 3 is 0.733 bits per heavy atom. The van der Waals surface area contributed by atoms with E-state index in [1.807, 2.05) is 0 Å². The van der Waals surface area contributed by atoms with Crippen LogP contribution < -0.4 is 0 Å². The first-order valence-corrected chi connectivity index (χ1v) is 15.1. The molecule has 0 nitrogen and oxygen atoms in total. The number of unbranched alkanes of at least 4 members (excludes halogenated alkanes) is 22. The van der Waals surface area contributed by atoms with Crippen molar-refractivity contribution < 1.29 is 0 Å². The Labute approximate surface area is 219 Å². The summed E-state index contributed by atoms with van der Waals surface area (Å²) in [6.07, 6.45) is 35.2. The van der Waals surface area contributed by atoms with Gasteiger partial charge >= 0.3 is 29.6 Å². The predicted octanol–water partition coefficient (Wildman–Crippen LogP) is 10.5. The molecule has 0 amide bonds. The molecule has 0 saturated heterocycles. The maximum absolute atomic E-state index is 2.30. The first-order chi connectivity index (χ1) is 14.4. The van der Waals surface area contributed by atoms with Crippen LogP contribution in [0.15, 0.2) is 0 Å². The minimum absolute atomic E-state index is 0. The number of thioether (sulfide) groups is 1. The van der Waals surface area contributed by atoms with Gasteiger partial charge in [-0.15, -0.1) is 0 Å². The zero-order valence-corrected chi connectivity index (χ0v) is 21.6. The van der Waals surface area contributed by atoms with Crippen LogP contribution in [0.2, 0.25) is 0 Å². The summed E-state index contributed by atoms with van der Waals surface area (Å²) in [7, 11) is 0. The Balaban J connectivity index is 0. The molecule has 0 bridgehead atoms. The number of hydrogen-bond acceptors (Lipinski definition) is 1. The molecule has 0 heterocycles. The first-order valence-electron chi connectivity index (χ1n) is 14.0. The summed E-state index contributed by atoms with van der Waals surface area (Å²) in [6.45, 7) is 4.61. The molecule has 178 valence electrons. The van der Waals surface area contributed by atoms with E-state index >= 15 is 0 Å². The monoisotopic (exact) mass is 450 g/mol. The Morgan fingerprint density at radius 2 is 0.500 bits per heavy atom. The second-order valence-electron chi connectivity index (χ2n) is 9.39. The average Bonchev–Trinajstić information content (AvgIpc) is 2.74. The van der Waals surface area contributed by atoms with Gasteiger partial charge in [-0.3, -0.25) is 0 Å². The summed E-state index contributed by atoms with van der Waals surface area (Å²) in [5.74, 6) is 2.82. The van der Waals surface area contributed by atoms with Crippen molar-refractivity contribution in [3.05, 3.63) is 0 Å². The van der Waals surface area contributed by atoms with E-state index < -0.39 is 0 Å². The zero-order chi connectivity index (χ0) is 21.1. The molecule has 0 fully saturated rings. The molecule has 0 aliphatic heterocycles. The summed E-state index contributed by atoms with van der Waals surface area (Å²) in [6, 6.07) is 0. The van der Waals surface area contributed by atoms with Gasteiger partial charge < -0.3 is 0 Å². The van der Waals surface area contributed by atoms with Crippen LogP contribution in [0, 0.1) is 0 Å². The summed E-state index contributed by atoms with van der Waals surface area (Å²) in [4.78, 5) is 0. The van der Waals surface area contributed by atoms with Crippen molar-refractivity contribution in [1.29, 1.82) is 0 Å². The van der Waals surface area contributed by atoms with Crippen molar-refractivity contribution in [3.63, 3.8) is 0 Å². The van der Waals surface area contributed by atoms with E-state index in [1.54, 1.807) is 0 Å². The van der Waals surface area contributed by atoms with Gasteiger partial charge in [-0.2, -0.15) is 11.8 Å². The topological polar surface area (TPSA) is 0 Å². The van der Waals surface area contributed by atoms with Gasteiger partial charge in [0.05, 0.1) is 0 Å². The molecule has 0 aromatic carbocycles. The number of hydrogen-bond donors (Lipinski definition) is 0. The fourth-order valence-electron chi connectivity index (χ4n) is 4.19. The SMILES string of the molecule is CCCCCCCCCCCCCCSCCCCCCCCCCCCCC.[NaH]. The van der Waals surface area contributed by atoms with Crippen LogP contribution in [-0.2, 0) is 0 Å². The van der Waals surface area contributed by atoms with Gasteiger partial charge in [0.25, 0.3) is 0 Å². The minimum atomic E-state index is 0. The van der Waals surface area contributed by atoms with E-state index in [-0.39, 0.29) is 29.6 Å². The third-order valence-electron chi connectivity index (χ3n) is 6.28. The molecule has 0 saturated carbocycles. The van der Waals surface area contributed by atoms with Crippen molar-refractivity contribution in [2.45, 2.75) is 168 Å². The van der Waals surface area contributed by atoms with Crippen molar-refractivity contribution in [2.75, 3.05) is 11.5 Å². The van der Waals surface area contributed by atoms with Gasteiger partial charge in [0, 0.05) is 0 Å². The third-order valence-corrected chi connectivity index (χ3v) is 7.44. The molecule has 0 aromatic heterocycles. The quantitative estimate of drug-likeness (QED) is 0.0932. The molecule has 0 unspecified atom stereocenters. The summed E-state index contributed by atoms with van der Waals surface area (Å²) < 4.78 is 0. The van der Waals surface area contributed by atoms with Gasteiger partial charge in [0.2, 0.25) is 0 Å². The van der Waals surface area contributed by atoms with Crippen molar-refractivity contribution in [3.8, 4) is 0 Å². The van der Waals surface area contributed by atoms with Crippen LogP contribution in [0.3, 0.4) is 0 Å². The van der Waals surface area contributed by atoms with E-state index in [2.05, 4.69) is 25.6 Å². The van der Waals surface area contributed by atoms with Gasteiger partial charge in [0.15, 0.2) is 0 Å². The maximum atomic E-state index is 2.30. The number of rotatable bonds is 26. The van der Waals surface area contributed by atoms with Crippen molar-refractivity contribution in [2.24, 2.45) is 0 Å². The molecule has 0 aliphatic carbocycles. The molecular weight excluding hydrogens is 391 g/mol. The van der Waals surface area contributed by atoms with E-state index in [0.717, 1.165) is 0 Å². The fourth-order valence-corrected chi connectivity index (χ4v) is 5.21. The normalized spacial score (nSPS) is 11.0. The molecule has 0 N–H and O–H groups in total. The Kier molecular flexibility index (Phi) is 36.3. The average molecular weight is 451 g/mol. The molecule has 0 rings (SSSR count). The fraction of sp³-hybridized carbons (Fsp3) is 1.00. The second-order valence-corrected chi connectivity index (χ2v) is 10.6. The molecule has 0 atom stereocenters. The Morgan fingerprint density at radius 1 is 0.300 bits per heavy atom. The van der Waals surface area contributed by atoms with E-state index in [9.17, 15) is 0 Å². The molecule has 0 aromatic rings. The van der Waals surface area contributed by atoms with Crippen LogP contribution in [0.5, 0.6) is 0 Å². The predicted molar refractivity (Wildman–Crippen MR) is 147 cm³/mol. The molecule has 0 spiro atoms. The Hall–Kier alpha value is 1.35. The summed E-state index contributed by atoms with van der Waals surface area (Å²) in [5, 5.41) is 0. The van der Waals surface area contributed by atoms with Crippen LogP contribution in [0.25, 0.3) is 0 Å². The van der Waals surface area contributed by atoms with Crippen LogP contribution in [-0.4, -0.2) is 41.1 Å². The second kappa shape index (κ2) is 32.5.